The molecule has 0 heterocycles. The molecule has 4 nitrogen and oxygen atoms in total. The van der Waals surface area contributed by atoms with E-state index in [1.165, 1.54) is 0 Å². The molecular weight excluding hydrogens is 290 g/mol. The molecule has 48 valence electrons. The van der Waals surface area contributed by atoms with Gasteiger partial charge in [0.2, 0.25) is 0 Å². The van der Waals surface area contributed by atoms with Crippen molar-refractivity contribution in [1.82, 2.24) is 0 Å². The van der Waals surface area contributed by atoms with E-state index in [1.54, 1.807) is 0 Å². The van der Waals surface area contributed by atoms with E-state index in [4.69, 9.17) is 19.8 Å². The molecule has 0 aromatic heterocycles. The smallest absolute Gasteiger partial charge is 0.550 e. The number of carboxylic acid groups (broad SMARTS) is 2. The molecule has 0 aliphatic heterocycles. The second kappa shape index (κ2) is 16.2. The average molecular weight is 296 g/mol. The number of rotatable bonds is 0. The first-order chi connectivity index (χ1) is 3.46. The molecule has 0 radical (unpaired) electrons. The van der Waals surface area contributed by atoms with Crippen LogP contribution in [0, 0.1) is 0 Å². The third kappa shape index (κ3) is 2020. The molecule has 0 saturated carbocycles. The van der Waals surface area contributed by atoms with Crippen LogP contribution in [0.3, 0.4) is 0 Å². The van der Waals surface area contributed by atoms with E-state index in [-0.39, 0.29) is 46.8 Å². The summed E-state index contributed by atoms with van der Waals surface area (Å²) in [6, 6.07) is 0. The molecule has 0 bridgehead atoms. The molecule has 6 heteroatoms. The molecule has 0 aromatic rings. The molecule has 0 atom stereocenters. The second-order valence-electron chi connectivity index (χ2n) is 0.983. The number of hydrogen-bond acceptors (Lipinski definition) is 4. The number of carbonyl (C=O) groups excluding carboxylic acids is 2. The van der Waals surface area contributed by atoms with Crippen LogP contribution in [0.4, 0.5) is 0 Å². The Hall–Kier alpha value is 0.485. The Morgan fingerprint density at radius 2 is 1.00 bits per heavy atom. The van der Waals surface area contributed by atoms with Gasteiger partial charge >= 0.3 is 46.8 Å². The van der Waals surface area contributed by atoms with Crippen LogP contribution in [0.15, 0.2) is 0 Å². The van der Waals surface area contributed by atoms with Crippen LogP contribution in [0.2, 0.25) is 0 Å². The quantitative estimate of drug-likeness (QED) is 0.463. The first kappa shape index (κ1) is 22.4. The largest absolute Gasteiger partial charge is 2.00 e. The van der Waals surface area contributed by atoms with Crippen molar-refractivity contribution in [1.29, 1.82) is 0 Å². The Morgan fingerprint density at radius 3 is 1.00 bits per heavy atom. The van der Waals surface area contributed by atoms with E-state index >= 15 is 0 Å². The molecule has 0 aliphatic rings. The summed E-state index contributed by atoms with van der Waals surface area (Å²) in [7, 11) is 0. The van der Waals surface area contributed by atoms with Crippen LogP contribution in [-0.4, -0.2) is 11.9 Å². The fraction of sp³-hybridized carbons (Fsp3) is 0.500. The van der Waals surface area contributed by atoms with E-state index in [1.807, 2.05) is 0 Å². The van der Waals surface area contributed by atoms with Crippen LogP contribution in [-0.2, 0) is 56.4 Å². The van der Waals surface area contributed by atoms with Crippen molar-refractivity contribution < 1.29 is 66.6 Å². The molecule has 0 aliphatic carbocycles. The van der Waals surface area contributed by atoms with Gasteiger partial charge in [-0.1, -0.05) is 0 Å². The van der Waals surface area contributed by atoms with Gasteiger partial charge in [0.1, 0.15) is 0 Å². The normalized spacial score (nSPS) is 5.00. The van der Waals surface area contributed by atoms with Gasteiger partial charge in [-0.15, -0.1) is 0 Å². The number of hydrogen-bond donors (Lipinski definition) is 0. The van der Waals surface area contributed by atoms with Gasteiger partial charge in [-0.05, 0) is 13.8 Å². The standard InChI is InChI=1S/2C2H4O2.Cd.Zn/c2*1-2(3)4;;/h2*1H3,(H,3,4);;/q;;2*+2/p-2. The summed E-state index contributed by atoms with van der Waals surface area (Å²) >= 11 is 0. The molecule has 10 heavy (non-hydrogen) atoms. The van der Waals surface area contributed by atoms with Gasteiger partial charge in [0.15, 0.2) is 0 Å². The Bertz CT molecular complexity index is 75.3. The molecule has 0 aromatic carbocycles. The van der Waals surface area contributed by atoms with Gasteiger partial charge in [-0.2, -0.15) is 0 Å². The van der Waals surface area contributed by atoms with Crippen molar-refractivity contribution in [3.8, 4) is 0 Å². The van der Waals surface area contributed by atoms with Gasteiger partial charge in [0.25, 0.3) is 0 Å². The van der Waals surface area contributed by atoms with Crippen molar-refractivity contribution in [3.05, 3.63) is 0 Å². The molecule has 0 rings (SSSR count). The third-order valence-electron chi connectivity index (χ3n) is 0. The monoisotopic (exact) mass is 296 g/mol. The van der Waals surface area contributed by atoms with E-state index < -0.39 is 11.9 Å². The first-order valence-corrected chi connectivity index (χ1v) is 1.82. The van der Waals surface area contributed by atoms with Gasteiger partial charge < -0.3 is 19.8 Å². The summed E-state index contributed by atoms with van der Waals surface area (Å²) in [6.45, 7) is 1.94. The predicted molar refractivity (Wildman–Crippen MR) is 21.4 cm³/mol. The van der Waals surface area contributed by atoms with Crippen molar-refractivity contribution in [3.63, 3.8) is 0 Å². The molecule has 0 fully saturated rings. The van der Waals surface area contributed by atoms with Gasteiger partial charge in [-0.3, -0.25) is 0 Å². The molecule has 0 amide bonds. The molecular formula is C4H6CdO4Zn+2. The molecule has 0 spiro atoms. The van der Waals surface area contributed by atoms with Gasteiger partial charge in [-0.25, -0.2) is 0 Å². The predicted octanol–water partition coefficient (Wildman–Crippen LogP) is -2.49. The van der Waals surface area contributed by atoms with Crippen molar-refractivity contribution in [2.24, 2.45) is 0 Å². The number of carboxylic acids is 2. The molecule has 0 unspecified atom stereocenters. The van der Waals surface area contributed by atoms with Gasteiger partial charge in [0, 0.05) is 11.9 Å². The minimum atomic E-state index is -1.08. The van der Waals surface area contributed by atoms with Crippen LogP contribution < -0.4 is 10.2 Å². The Morgan fingerprint density at radius 1 is 1.00 bits per heavy atom. The summed E-state index contributed by atoms with van der Waals surface area (Å²) in [5.41, 5.74) is 0. The van der Waals surface area contributed by atoms with Crippen LogP contribution >= 0.6 is 0 Å². The second-order valence-corrected chi connectivity index (χ2v) is 0.983. The maximum Gasteiger partial charge on any atom is 2.00 e. The SMILES string of the molecule is CC(=O)[O-].CC(=O)[O-].[Cd+2].[Zn+2]. The maximum atomic E-state index is 8.89. The van der Waals surface area contributed by atoms with Crippen molar-refractivity contribution in [2.45, 2.75) is 13.8 Å². The summed E-state index contributed by atoms with van der Waals surface area (Å²) in [5, 5.41) is 17.8. The zero-order valence-electron chi connectivity index (χ0n) is 6.05. The van der Waals surface area contributed by atoms with E-state index in [0.717, 1.165) is 13.8 Å². The summed E-state index contributed by atoms with van der Waals surface area (Å²) in [6.07, 6.45) is 0. The number of aliphatic carboxylic acids is 2. The fourth-order valence-electron chi connectivity index (χ4n) is 0. The van der Waals surface area contributed by atoms with Crippen LogP contribution in [0.1, 0.15) is 13.8 Å². The van der Waals surface area contributed by atoms with Gasteiger partial charge in [0.05, 0.1) is 0 Å². The van der Waals surface area contributed by atoms with Crippen molar-refractivity contribution >= 4 is 11.9 Å². The summed E-state index contributed by atoms with van der Waals surface area (Å²) < 4.78 is 0. The number of carbonyl (C=O) groups is 2. The fourth-order valence-corrected chi connectivity index (χ4v) is 0. The zero-order valence-corrected chi connectivity index (χ0v) is 13.1. The first-order valence-electron chi connectivity index (χ1n) is 1.82. The Labute approximate surface area is 91.9 Å². The average Bonchev–Trinajstić information content (AvgIpc) is 1.25. The van der Waals surface area contributed by atoms with E-state index in [9.17, 15) is 0 Å². The molecule has 0 saturated heterocycles. The van der Waals surface area contributed by atoms with Crippen LogP contribution in [0.5, 0.6) is 0 Å². The topological polar surface area (TPSA) is 80.3 Å². The van der Waals surface area contributed by atoms with Crippen molar-refractivity contribution in [2.75, 3.05) is 0 Å². The summed E-state index contributed by atoms with van der Waals surface area (Å²) in [4.78, 5) is 17.8. The van der Waals surface area contributed by atoms with E-state index in [0.29, 0.717) is 0 Å². The minimum Gasteiger partial charge on any atom is -0.550 e. The molecule has 0 N–H and O–H groups in total. The maximum absolute atomic E-state index is 8.89. The zero-order chi connectivity index (χ0) is 7.15. The Balaban J connectivity index is -0.0000000300. The van der Waals surface area contributed by atoms with Crippen LogP contribution in [0.25, 0.3) is 0 Å². The minimum absolute atomic E-state index is 0. The summed E-state index contributed by atoms with van der Waals surface area (Å²) in [5.74, 6) is -2.17. The Kier molecular flexibility index (Phi) is 36.4. The van der Waals surface area contributed by atoms with E-state index in [2.05, 4.69) is 0 Å². The third-order valence-corrected chi connectivity index (χ3v) is 0.